The lowest BCUT2D eigenvalue weighted by Gasteiger charge is -2.29. The number of thiocarbonyl (C=S) groups is 1. The van der Waals surface area contributed by atoms with Crippen molar-refractivity contribution in [3.8, 4) is 11.4 Å². The molecule has 0 bridgehead atoms. The van der Waals surface area contributed by atoms with E-state index in [1.165, 1.54) is 4.90 Å². The van der Waals surface area contributed by atoms with Gasteiger partial charge in [0.25, 0.3) is 11.8 Å². The van der Waals surface area contributed by atoms with Crippen molar-refractivity contribution in [2.75, 3.05) is 12.0 Å². The zero-order chi connectivity index (χ0) is 22.1. The molecule has 2 amide bonds. The van der Waals surface area contributed by atoms with Crippen LogP contribution in [0, 0.1) is 13.8 Å². The average molecular weight is 432 g/mol. The highest BCUT2D eigenvalue weighted by Gasteiger charge is 2.34. The molecule has 7 heteroatoms. The Labute approximate surface area is 185 Å². The van der Waals surface area contributed by atoms with Gasteiger partial charge >= 0.3 is 0 Å². The van der Waals surface area contributed by atoms with E-state index in [0.717, 1.165) is 22.7 Å². The van der Waals surface area contributed by atoms with Crippen LogP contribution in [0.3, 0.4) is 0 Å². The number of aromatic nitrogens is 1. The van der Waals surface area contributed by atoms with Gasteiger partial charge in [0.1, 0.15) is 11.3 Å². The molecule has 1 N–H and O–H groups in total. The molecule has 1 saturated heterocycles. The number of benzene rings is 2. The fourth-order valence-corrected chi connectivity index (χ4v) is 3.84. The van der Waals surface area contributed by atoms with Crippen LogP contribution >= 0.6 is 12.2 Å². The summed E-state index contributed by atoms with van der Waals surface area (Å²) >= 11 is 5.28. The van der Waals surface area contributed by atoms with E-state index in [4.69, 9.17) is 17.0 Å². The molecule has 31 heavy (non-hydrogen) atoms. The van der Waals surface area contributed by atoms with Gasteiger partial charge in [0.15, 0.2) is 5.11 Å². The molecule has 0 radical (unpaired) electrons. The van der Waals surface area contributed by atoms with Crippen molar-refractivity contribution in [3.63, 3.8) is 0 Å². The van der Waals surface area contributed by atoms with Crippen LogP contribution < -0.4 is 15.0 Å². The predicted octanol–water partition coefficient (Wildman–Crippen LogP) is 3.93. The molecular weight excluding hydrogens is 410 g/mol. The Morgan fingerprint density at radius 3 is 2.39 bits per heavy atom. The fourth-order valence-electron chi connectivity index (χ4n) is 3.56. The lowest BCUT2D eigenvalue weighted by Crippen LogP contribution is -2.54. The average Bonchev–Trinajstić information content (AvgIpc) is 3.11. The summed E-state index contributed by atoms with van der Waals surface area (Å²) in [6.07, 6.45) is 1.60. The van der Waals surface area contributed by atoms with Crippen LogP contribution in [0.15, 0.2) is 66.2 Å². The number of carbonyl (C=O) groups is 2. The van der Waals surface area contributed by atoms with Gasteiger partial charge in [0, 0.05) is 17.1 Å². The number of ether oxygens (including phenoxy) is 1. The summed E-state index contributed by atoms with van der Waals surface area (Å²) in [5.41, 5.74) is 4.18. The molecule has 1 aliphatic rings. The zero-order valence-electron chi connectivity index (χ0n) is 17.4. The number of hydrogen-bond acceptors (Lipinski definition) is 4. The molecule has 0 saturated carbocycles. The summed E-state index contributed by atoms with van der Waals surface area (Å²) in [5.74, 6) is -0.226. The first-order chi connectivity index (χ1) is 14.9. The maximum Gasteiger partial charge on any atom is 0.270 e. The fraction of sp³-hybridized carbons (Fsp3) is 0.125. The number of nitrogens with zero attached hydrogens (tertiary/aromatic N) is 2. The smallest absolute Gasteiger partial charge is 0.270 e. The van der Waals surface area contributed by atoms with Crippen LogP contribution in [-0.2, 0) is 9.59 Å². The van der Waals surface area contributed by atoms with Gasteiger partial charge in [-0.2, -0.15) is 0 Å². The van der Waals surface area contributed by atoms with Crippen LogP contribution in [0.25, 0.3) is 11.8 Å². The molecule has 1 fully saturated rings. The molecule has 2 aromatic carbocycles. The number of anilines is 1. The van der Waals surface area contributed by atoms with E-state index in [1.54, 1.807) is 19.3 Å². The Hall–Kier alpha value is -3.71. The topological polar surface area (TPSA) is 63.6 Å². The first-order valence-electron chi connectivity index (χ1n) is 9.70. The third-order valence-corrected chi connectivity index (χ3v) is 5.38. The Morgan fingerprint density at radius 1 is 0.968 bits per heavy atom. The lowest BCUT2D eigenvalue weighted by atomic mass is 10.1. The van der Waals surface area contributed by atoms with Crippen molar-refractivity contribution in [1.82, 2.24) is 9.88 Å². The SMILES string of the molecule is COc1ccc(-n2c(C)ccc2/C=C2\C(=O)NC(=S)N(c3cccc(C)c3)C2=O)cc1. The molecular formula is C24H21N3O3S. The number of nitrogens with one attached hydrogen (secondary N) is 1. The number of aryl methyl sites for hydroxylation is 2. The summed E-state index contributed by atoms with van der Waals surface area (Å²) in [6, 6.07) is 18.8. The quantitative estimate of drug-likeness (QED) is 0.386. The van der Waals surface area contributed by atoms with Crippen molar-refractivity contribution >= 4 is 40.9 Å². The van der Waals surface area contributed by atoms with Crippen molar-refractivity contribution in [2.24, 2.45) is 0 Å². The molecule has 6 nitrogen and oxygen atoms in total. The van der Waals surface area contributed by atoms with Crippen LogP contribution in [0.4, 0.5) is 5.69 Å². The van der Waals surface area contributed by atoms with Gasteiger partial charge in [-0.25, -0.2) is 0 Å². The van der Waals surface area contributed by atoms with Gasteiger partial charge < -0.3 is 9.30 Å². The Bertz CT molecular complexity index is 1230. The number of amides is 2. The summed E-state index contributed by atoms with van der Waals surface area (Å²) in [7, 11) is 1.61. The van der Waals surface area contributed by atoms with Gasteiger partial charge in [-0.1, -0.05) is 12.1 Å². The summed E-state index contributed by atoms with van der Waals surface area (Å²) < 4.78 is 7.20. The van der Waals surface area contributed by atoms with Gasteiger partial charge in [0.05, 0.1) is 12.8 Å². The molecule has 4 rings (SSSR count). The first kappa shape index (κ1) is 20.6. The maximum atomic E-state index is 13.3. The minimum Gasteiger partial charge on any atom is -0.497 e. The standard InChI is InChI=1S/C24H21N3O3S/c1-15-5-4-6-18(13-15)27-23(29)21(22(28)25-24(27)31)14-19-8-7-16(2)26(19)17-9-11-20(30-3)12-10-17/h4-14H,1-3H3,(H,25,28,31)/b21-14+. The van der Waals surface area contributed by atoms with Crippen LogP contribution in [0.5, 0.6) is 5.75 Å². The van der Waals surface area contributed by atoms with Gasteiger partial charge in [-0.05, 0) is 86.2 Å². The van der Waals surface area contributed by atoms with E-state index < -0.39 is 11.8 Å². The summed E-state index contributed by atoms with van der Waals surface area (Å²) in [5, 5.41) is 2.70. The van der Waals surface area contributed by atoms with E-state index in [1.807, 2.05) is 73.0 Å². The highest BCUT2D eigenvalue weighted by molar-refractivity contribution is 7.80. The Balaban J connectivity index is 1.76. The van der Waals surface area contributed by atoms with Crippen LogP contribution in [0.1, 0.15) is 17.0 Å². The minimum atomic E-state index is -0.515. The lowest BCUT2D eigenvalue weighted by molar-refractivity contribution is -0.122. The number of hydrogen-bond donors (Lipinski definition) is 1. The van der Waals surface area contributed by atoms with Crippen LogP contribution in [-0.4, -0.2) is 28.6 Å². The van der Waals surface area contributed by atoms with Gasteiger partial charge in [-0.3, -0.25) is 19.8 Å². The molecule has 156 valence electrons. The normalized spacial score (nSPS) is 15.4. The molecule has 0 atom stereocenters. The number of rotatable bonds is 4. The highest BCUT2D eigenvalue weighted by Crippen LogP contribution is 2.25. The largest absolute Gasteiger partial charge is 0.497 e. The first-order valence-corrected chi connectivity index (χ1v) is 10.1. The number of methoxy groups -OCH3 is 1. The predicted molar refractivity (Wildman–Crippen MR) is 124 cm³/mol. The third kappa shape index (κ3) is 3.87. The molecule has 3 aromatic rings. The maximum absolute atomic E-state index is 13.3. The van der Waals surface area contributed by atoms with Crippen molar-refractivity contribution in [1.29, 1.82) is 0 Å². The molecule has 2 heterocycles. The zero-order valence-corrected chi connectivity index (χ0v) is 18.2. The van der Waals surface area contributed by atoms with Crippen molar-refractivity contribution in [2.45, 2.75) is 13.8 Å². The molecule has 0 unspecified atom stereocenters. The Kier molecular flexibility index (Phi) is 5.44. The second kappa shape index (κ2) is 8.20. The molecule has 0 spiro atoms. The van der Waals surface area contributed by atoms with Crippen molar-refractivity contribution < 1.29 is 14.3 Å². The van der Waals surface area contributed by atoms with Gasteiger partial charge in [0.2, 0.25) is 0 Å². The molecule has 1 aliphatic heterocycles. The molecule has 0 aliphatic carbocycles. The van der Waals surface area contributed by atoms with E-state index in [2.05, 4.69) is 5.32 Å². The second-order valence-electron chi connectivity index (χ2n) is 7.23. The summed E-state index contributed by atoms with van der Waals surface area (Å²) in [6.45, 7) is 3.89. The minimum absolute atomic E-state index is 0.0166. The van der Waals surface area contributed by atoms with Gasteiger partial charge in [-0.15, -0.1) is 0 Å². The van der Waals surface area contributed by atoms with E-state index in [0.29, 0.717) is 11.4 Å². The van der Waals surface area contributed by atoms with Crippen molar-refractivity contribution in [3.05, 3.63) is 83.2 Å². The Morgan fingerprint density at radius 2 is 1.71 bits per heavy atom. The van der Waals surface area contributed by atoms with E-state index in [-0.39, 0.29) is 10.7 Å². The third-order valence-electron chi connectivity index (χ3n) is 5.09. The number of carbonyl (C=O) groups excluding carboxylic acids is 2. The monoisotopic (exact) mass is 431 g/mol. The summed E-state index contributed by atoms with van der Waals surface area (Å²) in [4.78, 5) is 27.3. The highest BCUT2D eigenvalue weighted by atomic mass is 32.1. The van der Waals surface area contributed by atoms with E-state index >= 15 is 0 Å². The second-order valence-corrected chi connectivity index (χ2v) is 7.62. The van der Waals surface area contributed by atoms with Crippen LogP contribution in [0.2, 0.25) is 0 Å². The molecule has 1 aromatic heterocycles. The van der Waals surface area contributed by atoms with E-state index in [9.17, 15) is 9.59 Å².